The summed E-state index contributed by atoms with van der Waals surface area (Å²) in [7, 11) is 0. The van der Waals surface area contributed by atoms with Crippen molar-refractivity contribution in [2.75, 3.05) is 12.3 Å². The van der Waals surface area contributed by atoms with Crippen LogP contribution in [0.5, 0.6) is 0 Å². The highest BCUT2D eigenvalue weighted by atomic mass is 19.1. The number of alkyl halides is 2. The van der Waals surface area contributed by atoms with Crippen molar-refractivity contribution in [3.05, 3.63) is 89.0 Å². The molecule has 5 aliphatic rings. The number of carbonyl (C=O) groups excluding carboxylic acids is 2. The summed E-state index contributed by atoms with van der Waals surface area (Å²) in [6.07, 6.45) is -0.720. The van der Waals surface area contributed by atoms with E-state index in [0.29, 0.717) is 17.7 Å². The predicted octanol–water partition coefficient (Wildman–Crippen LogP) is 4.50. The Bertz CT molecular complexity index is 1590. The van der Waals surface area contributed by atoms with Crippen molar-refractivity contribution in [3.63, 3.8) is 0 Å². The average Bonchev–Trinajstić information content (AvgIpc) is 3.49. The summed E-state index contributed by atoms with van der Waals surface area (Å²) in [4.78, 5) is 25.8. The summed E-state index contributed by atoms with van der Waals surface area (Å²) in [6, 6.07) is 15.3. The van der Waals surface area contributed by atoms with Crippen LogP contribution in [-0.4, -0.2) is 58.0 Å². The molecule has 0 bridgehead atoms. The van der Waals surface area contributed by atoms with Crippen LogP contribution in [0.25, 0.3) is 0 Å². The number of hydrogen-bond donors (Lipinski definition) is 3. The zero-order chi connectivity index (χ0) is 31.2. The zero-order valence-electron chi connectivity index (χ0n) is 24.7. The Kier molecular flexibility index (Phi) is 6.62. The smallest absolute Gasteiger partial charge is 0.193 e. The molecular weight excluding hydrogens is 568 g/mol. The highest BCUT2D eigenvalue weighted by molar-refractivity contribution is 6.01. The van der Waals surface area contributed by atoms with Crippen LogP contribution in [0, 0.1) is 22.7 Å². The van der Waals surface area contributed by atoms with Gasteiger partial charge in [-0.2, -0.15) is 0 Å². The molecular formula is C35H37F2NO6. The number of carbonyl (C=O) groups is 2. The molecule has 3 saturated carbocycles. The van der Waals surface area contributed by atoms with Gasteiger partial charge in [-0.15, -0.1) is 0 Å². The number of allylic oxidation sites excluding steroid dienone is 4. The van der Waals surface area contributed by atoms with Crippen molar-refractivity contribution in [1.82, 2.24) is 0 Å². The first kappa shape index (κ1) is 29.5. The number of Topliss-reactive ketones (excluding diaryl/α,β-unsaturated/α-hetero) is 1. The molecule has 0 aromatic heterocycles. The fourth-order valence-electron chi connectivity index (χ4n) is 9.45. The number of hydrogen-bond acceptors (Lipinski definition) is 7. The van der Waals surface area contributed by atoms with Gasteiger partial charge in [0.25, 0.3) is 0 Å². The van der Waals surface area contributed by atoms with E-state index in [2.05, 4.69) is 0 Å². The van der Waals surface area contributed by atoms with Crippen LogP contribution in [0.4, 0.5) is 14.5 Å². The number of ketones is 2. The Morgan fingerprint density at radius 2 is 1.84 bits per heavy atom. The predicted molar refractivity (Wildman–Crippen MR) is 158 cm³/mol. The monoisotopic (exact) mass is 605 g/mol. The summed E-state index contributed by atoms with van der Waals surface area (Å²) in [5.41, 5.74) is 2.78. The molecule has 9 heteroatoms. The second-order valence-electron chi connectivity index (χ2n) is 13.6. The fourth-order valence-corrected chi connectivity index (χ4v) is 9.45. The summed E-state index contributed by atoms with van der Waals surface area (Å²) < 4.78 is 46.3. The SMILES string of the molecule is C[C@]12C=CC(=O)C=C1[C@@H](F)C[C@H]1[C@@H]3C[C@H]4O[C@H](c5ccc(Cc6cccc(N)c6)cc5)O[C@@]4(C(=O)CO)[C@@]3(C)C[C@H](O)[C@@]12F. The quantitative estimate of drug-likeness (QED) is 0.430. The van der Waals surface area contributed by atoms with Crippen molar-refractivity contribution in [2.24, 2.45) is 22.7 Å². The summed E-state index contributed by atoms with van der Waals surface area (Å²) >= 11 is 0. The number of anilines is 1. The molecule has 1 saturated heterocycles. The van der Waals surface area contributed by atoms with Crippen molar-refractivity contribution in [3.8, 4) is 0 Å². The highest BCUT2D eigenvalue weighted by Gasteiger charge is 2.80. The van der Waals surface area contributed by atoms with Gasteiger partial charge in [-0.1, -0.05) is 49.4 Å². The average molecular weight is 606 g/mol. The third-order valence-corrected chi connectivity index (χ3v) is 11.5. The van der Waals surface area contributed by atoms with Gasteiger partial charge in [0.2, 0.25) is 0 Å². The molecule has 7 rings (SSSR count). The standard InChI is InChI=1S/C35H37F2NO6/c1-32-11-10-23(40)14-26(32)27(36)15-25-24-16-30-35(29(42)18-39,33(24,2)17-28(41)34(25,32)37)44-31(43-30)21-8-6-19(7-9-21)12-20-4-3-5-22(38)13-20/h3-11,13-14,24-25,27-28,30-31,39,41H,12,15-18,38H2,1-2H3/t24-,25-,27-,28-,30+,31-,32-,33-,34-,35+/m0/s1. The molecule has 10 atom stereocenters. The lowest BCUT2D eigenvalue weighted by Crippen LogP contribution is -2.70. The van der Waals surface area contributed by atoms with Crippen molar-refractivity contribution < 1.29 is 38.1 Å². The molecule has 2 aromatic carbocycles. The van der Waals surface area contributed by atoms with Crippen LogP contribution >= 0.6 is 0 Å². The number of fused-ring (bicyclic) bond motifs is 7. The number of benzene rings is 2. The lowest BCUT2D eigenvalue weighted by molar-refractivity contribution is -0.235. The normalized spacial score (nSPS) is 42.2. The maximum atomic E-state index is 17.5. The first-order valence-electron chi connectivity index (χ1n) is 15.2. The fraction of sp³-hybridized carbons (Fsp3) is 0.486. The van der Waals surface area contributed by atoms with Crippen LogP contribution in [0.2, 0.25) is 0 Å². The Morgan fingerprint density at radius 3 is 2.55 bits per heavy atom. The first-order chi connectivity index (χ1) is 20.9. The van der Waals surface area contributed by atoms with E-state index in [1.165, 1.54) is 19.1 Å². The minimum absolute atomic E-state index is 0.0393. The van der Waals surface area contributed by atoms with Crippen molar-refractivity contribution in [2.45, 2.75) is 75.5 Å². The molecule has 0 spiro atoms. The van der Waals surface area contributed by atoms with E-state index in [0.717, 1.165) is 17.2 Å². The van der Waals surface area contributed by atoms with Gasteiger partial charge in [-0.3, -0.25) is 9.59 Å². The lowest BCUT2D eigenvalue weighted by Gasteiger charge is -2.63. The summed E-state index contributed by atoms with van der Waals surface area (Å²) in [5.74, 6) is -2.60. The molecule has 4 N–H and O–H groups in total. The Hall–Kier alpha value is -3.24. The van der Waals surface area contributed by atoms with Gasteiger partial charge in [0.15, 0.2) is 29.1 Å². The van der Waals surface area contributed by atoms with E-state index in [4.69, 9.17) is 15.2 Å². The molecule has 1 heterocycles. The minimum atomic E-state index is -2.29. The molecule has 4 aliphatic carbocycles. The molecule has 0 radical (unpaired) electrons. The van der Waals surface area contributed by atoms with Crippen molar-refractivity contribution in [1.29, 1.82) is 0 Å². The van der Waals surface area contributed by atoms with Crippen LogP contribution < -0.4 is 5.73 Å². The first-order valence-corrected chi connectivity index (χ1v) is 15.2. The van der Waals surface area contributed by atoms with Gasteiger partial charge in [-0.05, 0) is 79.5 Å². The van der Waals surface area contributed by atoms with Crippen LogP contribution in [0.3, 0.4) is 0 Å². The molecule has 2 aromatic rings. The van der Waals surface area contributed by atoms with E-state index in [9.17, 15) is 19.8 Å². The third kappa shape index (κ3) is 3.79. The molecule has 7 nitrogen and oxygen atoms in total. The molecule has 232 valence electrons. The van der Waals surface area contributed by atoms with E-state index >= 15 is 8.78 Å². The van der Waals surface area contributed by atoms with Crippen LogP contribution in [0.15, 0.2) is 72.3 Å². The number of halogens is 2. The van der Waals surface area contributed by atoms with E-state index < -0.39 is 76.8 Å². The minimum Gasteiger partial charge on any atom is -0.399 e. The molecule has 0 unspecified atom stereocenters. The van der Waals surface area contributed by atoms with Gasteiger partial charge in [0.1, 0.15) is 12.8 Å². The van der Waals surface area contributed by atoms with E-state index in [-0.39, 0.29) is 24.8 Å². The van der Waals surface area contributed by atoms with Crippen molar-refractivity contribution >= 4 is 17.3 Å². The van der Waals surface area contributed by atoms with Gasteiger partial charge in [-0.25, -0.2) is 8.78 Å². The number of nitrogens with two attached hydrogens (primary N) is 1. The third-order valence-electron chi connectivity index (χ3n) is 11.5. The number of nitrogen functional groups attached to an aromatic ring is 1. The van der Waals surface area contributed by atoms with Gasteiger partial charge < -0.3 is 25.4 Å². The van der Waals surface area contributed by atoms with Crippen LogP contribution in [-0.2, 0) is 25.5 Å². The number of ether oxygens (including phenoxy) is 2. The Balaban J connectivity index is 1.21. The molecule has 0 amide bonds. The maximum absolute atomic E-state index is 17.5. The number of rotatable bonds is 5. The van der Waals surface area contributed by atoms with E-state index in [1.54, 1.807) is 6.92 Å². The van der Waals surface area contributed by atoms with Crippen LogP contribution in [0.1, 0.15) is 56.1 Å². The van der Waals surface area contributed by atoms with Gasteiger partial charge in [0.05, 0.1) is 12.2 Å². The molecule has 1 aliphatic heterocycles. The Labute approximate surface area is 254 Å². The molecule has 4 fully saturated rings. The van der Waals surface area contributed by atoms with Gasteiger partial charge in [0, 0.05) is 28.0 Å². The summed E-state index contributed by atoms with van der Waals surface area (Å²) in [5, 5.41) is 21.8. The Morgan fingerprint density at radius 1 is 1.09 bits per heavy atom. The van der Waals surface area contributed by atoms with E-state index in [1.807, 2.05) is 48.5 Å². The zero-order valence-corrected chi connectivity index (χ0v) is 24.7. The maximum Gasteiger partial charge on any atom is 0.193 e. The summed E-state index contributed by atoms with van der Waals surface area (Å²) in [6.45, 7) is 2.49. The second-order valence-corrected chi connectivity index (χ2v) is 13.6. The topological polar surface area (TPSA) is 119 Å². The number of aliphatic hydroxyl groups is 2. The highest BCUT2D eigenvalue weighted by Crippen LogP contribution is 2.72. The largest absolute Gasteiger partial charge is 0.399 e. The van der Waals surface area contributed by atoms with Gasteiger partial charge >= 0.3 is 0 Å². The lowest BCUT2D eigenvalue weighted by atomic mass is 9.44. The molecule has 44 heavy (non-hydrogen) atoms. The second kappa shape index (κ2) is 9.88. The number of aliphatic hydroxyl groups excluding tert-OH is 2.